The molecule has 0 heterocycles. The quantitative estimate of drug-likeness (QED) is 0.448. The van der Waals surface area contributed by atoms with E-state index in [9.17, 15) is 5.11 Å². The minimum atomic E-state index is -0.132. The molecule has 4 aliphatic carbocycles. The lowest BCUT2D eigenvalue weighted by atomic mass is 9.43. The summed E-state index contributed by atoms with van der Waals surface area (Å²) in [6.45, 7) is 19.7. The summed E-state index contributed by atoms with van der Waals surface area (Å²) >= 11 is 0. The first-order chi connectivity index (χ1) is 14.4. The fourth-order valence-electron chi connectivity index (χ4n) is 9.36. The van der Waals surface area contributed by atoms with E-state index in [0.29, 0.717) is 28.1 Å². The molecule has 0 aromatic carbocycles. The van der Waals surface area contributed by atoms with Gasteiger partial charge in [0.25, 0.3) is 0 Å². The highest BCUT2D eigenvalue weighted by molar-refractivity contribution is 5.38. The Labute approximate surface area is 193 Å². The highest BCUT2D eigenvalue weighted by Gasteiger charge is 2.63. The van der Waals surface area contributed by atoms with Gasteiger partial charge in [-0.05, 0) is 103 Å². The van der Waals surface area contributed by atoms with Gasteiger partial charge in [0.1, 0.15) is 0 Å². The summed E-state index contributed by atoms with van der Waals surface area (Å²) in [5.41, 5.74) is 4.91. The molecule has 176 valence electrons. The Hall–Kier alpha value is -0.560. The molecule has 0 bridgehead atoms. The Kier molecular flexibility index (Phi) is 5.90. The van der Waals surface area contributed by atoms with Crippen molar-refractivity contribution in [3.8, 4) is 0 Å². The lowest BCUT2D eigenvalue weighted by molar-refractivity contribution is -0.0961. The molecule has 4 rings (SSSR count). The van der Waals surface area contributed by atoms with Gasteiger partial charge >= 0.3 is 0 Å². The van der Waals surface area contributed by atoms with E-state index in [2.05, 4.69) is 67.5 Å². The zero-order valence-corrected chi connectivity index (χ0v) is 21.9. The van der Waals surface area contributed by atoms with Crippen LogP contribution in [0, 0.1) is 45.3 Å². The molecule has 0 spiro atoms. The number of hydrogen-bond acceptors (Lipinski definition) is 1. The van der Waals surface area contributed by atoms with Crippen LogP contribution in [0.5, 0.6) is 0 Å². The van der Waals surface area contributed by atoms with Crippen LogP contribution in [-0.4, -0.2) is 11.2 Å². The fraction of sp³-hybridized carbons (Fsp3) is 0.867. The second-order valence-corrected chi connectivity index (χ2v) is 13.6. The Morgan fingerprint density at radius 3 is 2.29 bits per heavy atom. The molecule has 1 heteroatoms. The molecule has 1 N–H and O–H groups in total. The normalized spacial score (nSPS) is 45.5. The number of fused-ring (bicyclic) bond motifs is 4. The molecule has 4 aliphatic rings. The summed E-state index contributed by atoms with van der Waals surface area (Å²) in [6.07, 6.45) is 16.2. The summed E-state index contributed by atoms with van der Waals surface area (Å²) < 4.78 is 0. The van der Waals surface area contributed by atoms with Gasteiger partial charge in [-0.2, -0.15) is 0 Å². The molecule has 2 fully saturated rings. The van der Waals surface area contributed by atoms with Gasteiger partial charge in [0, 0.05) is 0 Å². The minimum Gasteiger partial charge on any atom is -0.393 e. The Bertz CT molecular complexity index is 756. The highest BCUT2D eigenvalue weighted by atomic mass is 16.3. The Balaban J connectivity index is 1.66. The van der Waals surface area contributed by atoms with Crippen LogP contribution in [0.4, 0.5) is 0 Å². The van der Waals surface area contributed by atoms with Crippen LogP contribution in [0.2, 0.25) is 0 Å². The SMILES string of the molecule is CC(C)/C=C/C[C@@H](C)[C@@H]1CC[C@]2(C)C3=C(CC[C@@]12C)[C@@]1(C)CC[C@H](O)C(C)(C)[C@@H]1CC3. The van der Waals surface area contributed by atoms with Gasteiger partial charge in [-0.3, -0.25) is 0 Å². The Morgan fingerprint density at radius 2 is 1.61 bits per heavy atom. The topological polar surface area (TPSA) is 20.2 Å². The molecule has 31 heavy (non-hydrogen) atoms. The summed E-state index contributed by atoms with van der Waals surface area (Å²) in [4.78, 5) is 0. The van der Waals surface area contributed by atoms with Crippen LogP contribution in [0.15, 0.2) is 23.3 Å². The maximum absolute atomic E-state index is 10.8. The fourth-order valence-corrected chi connectivity index (χ4v) is 9.36. The molecular formula is C30H50O. The number of hydrogen-bond donors (Lipinski definition) is 1. The second kappa shape index (κ2) is 7.75. The van der Waals surface area contributed by atoms with Gasteiger partial charge in [0.05, 0.1) is 6.10 Å². The third kappa shape index (κ3) is 3.34. The van der Waals surface area contributed by atoms with Gasteiger partial charge in [-0.15, -0.1) is 0 Å². The van der Waals surface area contributed by atoms with Crippen LogP contribution >= 0.6 is 0 Å². The summed E-state index contributed by atoms with van der Waals surface area (Å²) in [5, 5.41) is 10.8. The van der Waals surface area contributed by atoms with Crippen LogP contribution in [0.3, 0.4) is 0 Å². The van der Waals surface area contributed by atoms with Crippen LogP contribution in [-0.2, 0) is 0 Å². The molecule has 2 saturated carbocycles. The van der Waals surface area contributed by atoms with Crippen molar-refractivity contribution < 1.29 is 5.11 Å². The first-order valence-electron chi connectivity index (χ1n) is 13.5. The molecular weight excluding hydrogens is 376 g/mol. The predicted octanol–water partition coefficient (Wildman–Crippen LogP) is 8.34. The molecule has 7 atom stereocenters. The first kappa shape index (κ1) is 23.6. The second-order valence-electron chi connectivity index (χ2n) is 13.6. The molecule has 0 radical (unpaired) electrons. The van der Waals surface area contributed by atoms with E-state index in [4.69, 9.17) is 0 Å². The molecule has 0 amide bonds. The van der Waals surface area contributed by atoms with E-state index in [1.165, 1.54) is 51.4 Å². The average molecular weight is 427 g/mol. The van der Waals surface area contributed by atoms with Gasteiger partial charge in [-0.25, -0.2) is 0 Å². The molecule has 0 saturated heterocycles. The van der Waals surface area contributed by atoms with Crippen molar-refractivity contribution in [3.05, 3.63) is 23.3 Å². The van der Waals surface area contributed by atoms with Crippen molar-refractivity contribution >= 4 is 0 Å². The number of allylic oxidation sites excluding steroid dienone is 4. The molecule has 1 nitrogen and oxygen atoms in total. The van der Waals surface area contributed by atoms with E-state index >= 15 is 0 Å². The van der Waals surface area contributed by atoms with Crippen molar-refractivity contribution in [2.75, 3.05) is 0 Å². The largest absolute Gasteiger partial charge is 0.393 e. The highest BCUT2D eigenvalue weighted by Crippen LogP contribution is 2.72. The van der Waals surface area contributed by atoms with Crippen molar-refractivity contribution in [3.63, 3.8) is 0 Å². The molecule has 0 unspecified atom stereocenters. The van der Waals surface area contributed by atoms with Crippen molar-refractivity contribution in [2.45, 2.75) is 119 Å². The summed E-state index contributed by atoms with van der Waals surface area (Å²) in [7, 11) is 0. The first-order valence-corrected chi connectivity index (χ1v) is 13.5. The van der Waals surface area contributed by atoms with Crippen LogP contribution in [0.1, 0.15) is 113 Å². The predicted molar refractivity (Wildman–Crippen MR) is 133 cm³/mol. The lowest BCUT2D eigenvalue weighted by Gasteiger charge is -2.62. The van der Waals surface area contributed by atoms with Crippen molar-refractivity contribution in [1.29, 1.82) is 0 Å². The summed E-state index contributed by atoms with van der Waals surface area (Å²) in [6, 6.07) is 0. The molecule has 0 aromatic heterocycles. The third-order valence-corrected chi connectivity index (χ3v) is 11.5. The molecule has 0 aliphatic heterocycles. The zero-order chi connectivity index (χ0) is 22.8. The number of aliphatic hydroxyl groups is 1. The van der Waals surface area contributed by atoms with Gasteiger partial charge in [0.2, 0.25) is 0 Å². The smallest absolute Gasteiger partial charge is 0.0594 e. The van der Waals surface area contributed by atoms with Gasteiger partial charge < -0.3 is 5.11 Å². The van der Waals surface area contributed by atoms with E-state index in [1.54, 1.807) is 0 Å². The van der Waals surface area contributed by atoms with Crippen molar-refractivity contribution in [1.82, 2.24) is 0 Å². The monoisotopic (exact) mass is 426 g/mol. The van der Waals surface area contributed by atoms with E-state index in [1.807, 2.05) is 11.1 Å². The maximum Gasteiger partial charge on any atom is 0.0594 e. The van der Waals surface area contributed by atoms with Crippen LogP contribution in [0.25, 0.3) is 0 Å². The summed E-state index contributed by atoms with van der Waals surface area (Å²) in [5.74, 6) is 2.92. The van der Waals surface area contributed by atoms with Crippen LogP contribution < -0.4 is 0 Å². The number of rotatable bonds is 4. The number of aliphatic hydroxyl groups excluding tert-OH is 1. The zero-order valence-electron chi connectivity index (χ0n) is 21.9. The maximum atomic E-state index is 10.8. The standard InChI is InChI=1S/C30H50O/c1-20(2)10-9-11-21(3)22-14-18-30(8)24-12-13-25-27(4,5)26(31)16-17-28(25,6)23(24)15-19-29(22,30)7/h9-10,20-22,25-26,31H,11-19H2,1-8H3/b10-9+/t21-,22+,25+,26+,28-,29+,30-/m1/s1. The van der Waals surface area contributed by atoms with E-state index < -0.39 is 0 Å². The average Bonchev–Trinajstić information content (AvgIpc) is 2.96. The minimum absolute atomic E-state index is 0.0443. The Morgan fingerprint density at radius 1 is 0.903 bits per heavy atom. The van der Waals surface area contributed by atoms with E-state index in [0.717, 1.165) is 18.3 Å². The lowest BCUT2D eigenvalue weighted by Crippen LogP contribution is -2.55. The van der Waals surface area contributed by atoms with E-state index in [-0.39, 0.29) is 11.5 Å². The van der Waals surface area contributed by atoms with Gasteiger partial charge in [-0.1, -0.05) is 78.7 Å². The third-order valence-electron chi connectivity index (χ3n) is 11.5. The molecule has 0 aromatic rings. The van der Waals surface area contributed by atoms with Crippen molar-refractivity contribution in [2.24, 2.45) is 45.3 Å². The van der Waals surface area contributed by atoms with Gasteiger partial charge in [0.15, 0.2) is 0 Å².